The predicted molar refractivity (Wildman–Crippen MR) is 155 cm³/mol. The fourth-order valence-corrected chi connectivity index (χ4v) is 4.44. The van der Waals surface area contributed by atoms with Gasteiger partial charge in [0.2, 0.25) is 11.6 Å². The molecular weight excluding hydrogens is 558 g/mol. The molecule has 0 saturated heterocycles. The summed E-state index contributed by atoms with van der Waals surface area (Å²) in [7, 11) is 0. The Balaban J connectivity index is 1.36. The van der Waals surface area contributed by atoms with E-state index in [0.717, 1.165) is 17.7 Å². The van der Waals surface area contributed by atoms with Gasteiger partial charge in [0.1, 0.15) is 17.5 Å². The zero-order chi connectivity index (χ0) is 30.5. The normalized spacial score (nSPS) is 11.5. The van der Waals surface area contributed by atoms with Crippen LogP contribution in [0.5, 0.6) is 11.6 Å². The second kappa shape index (κ2) is 12.5. The number of amides is 1. The third-order valence-corrected chi connectivity index (χ3v) is 6.64. The fourth-order valence-electron chi connectivity index (χ4n) is 4.44. The first kappa shape index (κ1) is 28.9. The van der Waals surface area contributed by atoms with Crippen molar-refractivity contribution < 1.29 is 33.0 Å². The number of pyridine rings is 1. The van der Waals surface area contributed by atoms with Crippen molar-refractivity contribution in [1.82, 2.24) is 14.8 Å². The molecule has 0 aliphatic heterocycles. The number of halogens is 2. The highest BCUT2D eigenvalue weighted by atomic mass is 19.1. The van der Waals surface area contributed by atoms with Crippen molar-refractivity contribution in [3.8, 4) is 33.9 Å². The first-order chi connectivity index (χ1) is 20.7. The molecule has 2 heterocycles. The van der Waals surface area contributed by atoms with Gasteiger partial charge in [-0.1, -0.05) is 54.6 Å². The number of benzene rings is 3. The van der Waals surface area contributed by atoms with E-state index in [9.17, 15) is 23.5 Å². The van der Waals surface area contributed by atoms with E-state index in [1.807, 2.05) is 37.3 Å². The van der Waals surface area contributed by atoms with Gasteiger partial charge >= 0.3 is 12.1 Å². The van der Waals surface area contributed by atoms with E-state index >= 15 is 0 Å². The molecule has 0 aliphatic carbocycles. The molecule has 0 saturated carbocycles. The van der Waals surface area contributed by atoms with Crippen LogP contribution in [0, 0.1) is 11.6 Å². The van der Waals surface area contributed by atoms with Crippen molar-refractivity contribution in [2.75, 3.05) is 5.32 Å². The Bertz CT molecular complexity index is 1750. The fraction of sp³-hybridized carbons (Fsp3) is 0.125. The Labute approximate surface area is 245 Å². The molecule has 2 aromatic heterocycles. The smallest absolute Gasteiger partial charge is 0.413 e. The topological polar surface area (TPSA) is 116 Å². The maximum Gasteiger partial charge on any atom is 0.413 e. The van der Waals surface area contributed by atoms with Gasteiger partial charge in [0.05, 0.1) is 6.20 Å². The number of carboxylic acid groups (broad SMARTS) is 1. The number of anilines is 1. The Morgan fingerprint density at radius 1 is 0.953 bits per heavy atom. The predicted octanol–water partition coefficient (Wildman–Crippen LogP) is 7.71. The number of aromatic carboxylic acids is 1. The van der Waals surface area contributed by atoms with E-state index in [2.05, 4.69) is 15.4 Å². The number of carboxylic acids is 1. The molecule has 5 rings (SSSR count). The maximum atomic E-state index is 15.0. The number of carbonyl (C=O) groups excluding carboxylic acids is 1. The minimum Gasteiger partial charge on any atom is -0.477 e. The summed E-state index contributed by atoms with van der Waals surface area (Å²) in [5.41, 5.74) is 2.59. The Kier molecular flexibility index (Phi) is 8.42. The number of nitrogens with zero attached hydrogens (tertiary/aromatic N) is 3. The molecule has 43 heavy (non-hydrogen) atoms. The van der Waals surface area contributed by atoms with Crippen molar-refractivity contribution in [3.63, 3.8) is 0 Å². The van der Waals surface area contributed by atoms with E-state index in [0.29, 0.717) is 29.1 Å². The first-order valence-corrected chi connectivity index (χ1v) is 13.3. The van der Waals surface area contributed by atoms with Gasteiger partial charge in [-0.15, -0.1) is 0 Å². The number of rotatable bonds is 9. The highest BCUT2D eigenvalue weighted by Crippen LogP contribution is 2.35. The second-order valence-corrected chi connectivity index (χ2v) is 9.42. The van der Waals surface area contributed by atoms with E-state index < -0.39 is 41.4 Å². The highest BCUT2D eigenvalue weighted by molar-refractivity contribution is 5.91. The summed E-state index contributed by atoms with van der Waals surface area (Å²) in [5, 5.41) is 16.4. The molecule has 1 amide bonds. The summed E-state index contributed by atoms with van der Waals surface area (Å²) in [6, 6.07) is 20.9. The van der Waals surface area contributed by atoms with Gasteiger partial charge in [0, 0.05) is 18.3 Å². The third kappa shape index (κ3) is 6.35. The number of aromatic nitrogens is 3. The van der Waals surface area contributed by atoms with Crippen LogP contribution in [0.4, 0.5) is 19.4 Å². The molecule has 2 N–H and O–H groups in total. The van der Waals surface area contributed by atoms with Crippen molar-refractivity contribution >= 4 is 17.9 Å². The van der Waals surface area contributed by atoms with Gasteiger partial charge in [-0.2, -0.15) is 5.10 Å². The summed E-state index contributed by atoms with van der Waals surface area (Å²) < 4.78 is 42.3. The van der Waals surface area contributed by atoms with Crippen molar-refractivity contribution in [1.29, 1.82) is 0 Å². The molecular formula is C32H26F2N4O5. The van der Waals surface area contributed by atoms with Gasteiger partial charge in [-0.3, -0.25) is 5.32 Å². The summed E-state index contributed by atoms with van der Waals surface area (Å²) in [4.78, 5) is 27.9. The van der Waals surface area contributed by atoms with E-state index in [1.165, 1.54) is 18.3 Å². The lowest BCUT2D eigenvalue weighted by molar-refractivity contribution is 0.0693. The van der Waals surface area contributed by atoms with Gasteiger partial charge in [0.25, 0.3) is 0 Å². The standard InChI is InChI=1S/C32H26F2N4O5/c1-3-38-29(37-32(41)42-19(2)20-8-5-4-6-9-20)25(18-36-38)22-13-11-21(12-14-22)23-16-26(33)28(27(34)17-23)43-30-24(31(39)40)10-7-15-35-30/h4-19H,3H2,1-2H3,(H,37,41)(H,39,40). The monoisotopic (exact) mass is 584 g/mol. The molecule has 0 aliphatic rings. The van der Waals surface area contributed by atoms with Crippen LogP contribution in [-0.4, -0.2) is 31.9 Å². The Morgan fingerprint density at radius 2 is 1.63 bits per heavy atom. The minimum atomic E-state index is -1.35. The van der Waals surface area contributed by atoms with Crippen LogP contribution >= 0.6 is 0 Å². The highest BCUT2D eigenvalue weighted by Gasteiger charge is 2.21. The van der Waals surface area contributed by atoms with Crippen LogP contribution in [0.2, 0.25) is 0 Å². The molecule has 0 radical (unpaired) electrons. The second-order valence-electron chi connectivity index (χ2n) is 9.42. The van der Waals surface area contributed by atoms with Gasteiger partial charge < -0.3 is 14.6 Å². The molecule has 218 valence electrons. The number of ether oxygens (including phenoxy) is 2. The molecule has 1 unspecified atom stereocenters. The number of carbonyl (C=O) groups is 2. The summed E-state index contributed by atoms with van der Waals surface area (Å²) in [5.74, 6) is -4.16. The van der Waals surface area contributed by atoms with E-state index in [4.69, 9.17) is 9.47 Å². The SMILES string of the molecule is CCn1ncc(-c2ccc(-c3cc(F)c(Oc4ncccc4C(=O)O)c(F)c3)cc2)c1NC(=O)OC(C)c1ccccc1. The lowest BCUT2D eigenvalue weighted by Crippen LogP contribution is -2.19. The molecule has 0 bridgehead atoms. The van der Waals surface area contributed by atoms with Crippen molar-refractivity contribution in [3.05, 3.63) is 114 Å². The summed E-state index contributed by atoms with van der Waals surface area (Å²) in [6.07, 6.45) is 1.76. The van der Waals surface area contributed by atoms with Crippen LogP contribution in [0.3, 0.4) is 0 Å². The number of aryl methyl sites for hydroxylation is 1. The van der Waals surface area contributed by atoms with Gasteiger partial charge in [0.15, 0.2) is 11.6 Å². The molecule has 5 aromatic rings. The Morgan fingerprint density at radius 3 is 2.28 bits per heavy atom. The van der Waals surface area contributed by atoms with Crippen molar-refractivity contribution in [2.45, 2.75) is 26.5 Å². The quantitative estimate of drug-likeness (QED) is 0.182. The third-order valence-electron chi connectivity index (χ3n) is 6.64. The van der Waals surface area contributed by atoms with E-state index in [-0.39, 0.29) is 11.1 Å². The average Bonchev–Trinajstić information content (AvgIpc) is 3.41. The van der Waals surface area contributed by atoms with Crippen molar-refractivity contribution in [2.24, 2.45) is 0 Å². The first-order valence-electron chi connectivity index (χ1n) is 13.3. The van der Waals surface area contributed by atoms with Gasteiger partial charge in [-0.05, 0) is 60.4 Å². The number of hydrogen-bond donors (Lipinski definition) is 2. The zero-order valence-corrected chi connectivity index (χ0v) is 23.1. The summed E-state index contributed by atoms with van der Waals surface area (Å²) in [6.45, 7) is 4.15. The molecule has 1 atom stereocenters. The molecule has 9 nitrogen and oxygen atoms in total. The zero-order valence-electron chi connectivity index (χ0n) is 23.1. The molecule has 0 fully saturated rings. The van der Waals surface area contributed by atoms with Crippen LogP contribution in [0.15, 0.2) is 91.3 Å². The number of nitrogens with one attached hydrogen (secondary N) is 1. The summed E-state index contributed by atoms with van der Waals surface area (Å²) >= 11 is 0. The molecule has 3 aromatic carbocycles. The average molecular weight is 585 g/mol. The number of hydrogen-bond acceptors (Lipinski definition) is 6. The minimum absolute atomic E-state index is 0.231. The van der Waals surface area contributed by atoms with Crippen LogP contribution in [-0.2, 0) is 11.3 Å². The van der Waals surface area contributed by atoms with Crippen LogP contribution in [0.1, 0.15) is 35.9 Å². The Hall–Kier alpha value is -5.58. The van der Waals surface area contributed by atoms with Gasteiger partial charge in [-0.25, -0.2) is 28.0 Å². The van der Waals surface area contributed by atoms with Crippen LogP contribution < -0.4 is 10.1 Å². The van der Waals surface area contributed by atoms with Crippen LogP contribution in [0.25, 0.3) is 22.3 Å². The maximum absolute atomic E-state index is 15.0. The largest absolute Gasteiger partial charge is 0.477 e. The molecule has 11 heteroatoms. The molecule has 0 spiro atoms. The van der Waals surface area contributed by atoms with E-state index in [1.54, 1.807) is 42.1 Å². The lowest BCUT2D eigenvalue weighted by Gasteiger charge is -2.15. The lowest BCUT2D eigenvalue weighted by atomic mass is 10.0.